The average molecular weight is 297 g/mol. The molecule has 0 amide bonds. The third-order valence-electron chi connectivity index (χ3n) is 3.24. The van der Waals surface area contributed by atoms with Gasteiger partial charge in [-0.1, -0.05) is 13.8 Å². The molecule has 1 aliphatic carbocycles. The molecule has 0 unspecified atom stereocenters. The minimum Gasteiger partial charge on any atom is -0.384 e. The van der Waals surface area contributed by atoms with Crippen molar-refractivity contribution in [2.24, 2.45) is 5.92 Å². The first kappa shape index (κ1) is 15.3. The maximum absolute atomic E-state index is 12.9. The fraction of sp³-hybridized carbons (Fsp3) is 0.643. The lowest BCUT2D eigenvalue weighted by Gasteiger charge is -2.24. The molecule has 6 heteroatoms. The molecule has 0 aromatic carbocycles. The van der Waals surface area contributed by atoms with Crippen LogP contribution in [0.2, 0.25) is 0 Å². The van der Waals surface area contributed by atoms with E-state index in [4.69, 9.17) is 0 Å². The summed E-state index contributed by atoms with van der Waals surface area (Å²) in [6.07, 6.45) is 4.98. The highest BCUT2D eigenvalue weighted by Crippen LogP contribution is 2.34. The second kappa shape index (κ2) is 6.10. The van der Waals surface area contributed by atoms with Crippen molar-refractivity contribution in [2.45, 2.75) is 44.6 Å². The normalized spacial score (nSPS) is 15.8. The van der Waals surface area contributed by atoms with Crippen molar-refractivity contribution >= 4 is 15.7 Å². The Morgan fingerprint density at radius 3 is 2.70 bits per heavy atom. The van der Waals surface area contributed by atoms with Crippen LogP contribution in [0.1, 0.15) is 33.6 Å². The molecular weight excluding hydrogens is 274 g/mol. The van der Waals surface area contributed by atoms with E-state index in [9.17, 15) is 8.42 Å². The Kier molecular flexibility index (Phi) is 4.65. The van der Waals surface area contributed by atoms with E-state index in [2.05, 4.69) is 10.3 Å². The summed E-state index contributed by atoms with van der Waals surface area (Å²) in [4.78, 5) is 4.28. The maximum Gasteiger partial charge on any atom is 0.246 e. The first-order valence-corrected chi connectivity index (χ1v) is 8.60. The summed E-state index contributed by atoms with van der Waals surface area (Å²) in [6.45, 7) is 7.27. The van der Waals surface area contributed by atoms with E-state index in [0.29, 0.717) is 24.7 Å². The monoisotopic (exact) mass is 297 g/mol. The number of hydrogen-bond donors (Lipinski definition) is 1. The van der Waals surface area contributed by atoms with E-state index in [1.807, 2.05) is 20.8 Å². The van der Waals surface area contributed by atoms with Crippen LogP contribution in [0.5, 0.6) is 0 Å². The second-order valence-electron chi connectivity index (χ2n) is 5.60. The Labute approximate surface area is 121 Å². The molecule has 0 atom stereocenters. The number of sulfonamides is 1. The van der Waals surface area contributed by atoms with Gasteiger partial charge in [0.2, 0.25) is 10.0 Å². The predicted molar refractivity (Wildman–Crippen MR) is 80.2 cm³/mol. The Morgan fingerprint density at radius 2 is 2.15 bits per heavy atom. The van der Waals surface area contributed by atoms with Gasteiger partial charge in [-0.05, 0) is 31.7 Å². The summed E-state index contributed by atoms with van der Waals surface area (Å²) in [6, 6.07) is 1.88. The zero-order chi connectivity index (χ0) is 14.8. The van der Waals surface area contributed by atoms with Crippen molar-refractivity contribution in [2.75, 3.05) is 18.4 Å². The Balaban J connectivity index is 2.37. The van der Waals surface area contributed by atoms with E-state index in [1.165, 1.54) is 6.20 Å². The van der Waals surface area contributed by atoms with Crippen LogP contribution in [0.25, 0.3) is 0 Å². The number of nitrogens with one attached hydrogen (secondary N) is 1. The topological polar surface area (TPSA) is 62.3 Å². The van der Waals surface area contributed by atoms with Crippen molar-refractivity contribution in [1.29, 1.82) is 0 Å². The molecule has 112 valence electrons. The number of aromatic nitrogens is 1. The molecule has 20 heavy (non-hydrogen) atoms. The van der Waals surface area contributed by atoms with Gasteiger partial charge in [0.05, 0.1) is 5.69 Å². The Bertz CT molecular complexity index is 553. The minimum absolute atomic E-state index is 0.164. The molecule has 5 nitrogen and oxygen atoms in total. The van der Waals surface area contributed by atoms with Gasteiger partial charge in [0.25, 0.3) is 0 Å². The fourth-order valence-corrected chi connectivity index (χ4v) is 4.18. The predicted octanol–water partition coefficient (Wildman–Crippen LogP) is 2.32. The average Bonchev–Trinajstić information content (AvgIpc) is 3.20. The molecule has 2 rings (SSSR count). The molecule has 0 spiro atoms. The summed E-state index contributed by atoms with van der Waals surface area (Å²) in [5.74, 6) is 0.310. The van der Waals surface area contributed by atoms with Crippen LogP contribution in [0, 0.1) is 5.92 Å². The van der Waals surface area contributed by atoms with Gasteiger partial charge in [-0.25, -0.2) is 8.42 Å². The van der Waals surface area contributed by atoms with Gasteiger partial charge in [-0.15, -0.1) is 0 Å². The van der Waals surface area contributed by atoms with Crippen LogP contribution < -0.4 is 5.32 Å². The molecule has 1 aliphatic rings. The van der Waals surface area contributed by atoms with Gasteiger partial charge >= 0.3 is 0 Å². The molecule has 0 bridgehead atoms. The third kappa shape index (κ3) is 3.30. The lowest BCUT2D eigenvalue weighted by molar-refractivity contribution is 0.360. The second-order valence-corrected chi connectivity index (χ2v) is 7.46. The quantitative estimate of drug-likeness (QED) is 0.839. The van der Waals surface area contributed by atoms with Crippen LogP contribution in [-0.2, 0) is 10.0 Å². The van der Waals surface area contributed by atoms with Gasteiger partial charge in [0.1, 0.15) is 4.90 Å². The molecule has 1 saturated carbocycles. The van der Waals surface area contributed by atoms with Crippen molar-refractivity contribution in [3.63, 3.8) is 0 Å². The van der Waals surface area contributed by atoms with Crippen LogP contribution in [0.15, 0.2) is 23.4 Å². The molecule has 0 saturated heterocycles. The minimum atomic E-state index is -3.48. The summed E-state index contributed by atoms with van der Waals surface area (Å²) in [5.41, 5.74) is 0.636. The zero-order valence-electron chi connectivity index (χ0n) is 12.3. The number of pyridine rings is 1. The van der Waals surface area contributed by atoms with Crippen molar-refractivity contribution in [1.82, 2.24) is 9.29 Å². The maximum atomic E-state index is 12.9. The van der Waals surface area contributed by atoms with Gasteiger partial charge in [-0.3, -0.25) is 4.98 Å². The van der Waals surface area contributed by atoms with Crippen molar-refractivity contribution < 1.29 is 8.42 Å². The molecule has 0 radical (unpaired) electrons. The highest BCUT2D eigenvalue weighted by molar-refractivity contribution is 7.89. The van der Waals surface area contributed by atoms with Crippen LogP contribution in [-0.4, -0.2) is 36.8 Å². The summed E-state index contributed by atoms with van der Waals surface area (Å²) in [5, 5.41) is 3.10. The largest absolute Gasteiger partial charge is 0.384 e. The summed E-state index contributed by atoms with van der Waals surface area (Å²) >= 11 is 0. The Morgan fingerprint density at radius 1 is 1.45 bits per heavy atom. The Hall–Kier alpha value is -1.14. The lowest BCUT2D eigenvalue weighted by Crippen LogP contribution is -2.36. The summed E-state index contributed by atoms with van der Waals surface area (Å²) in [7, 11) is -3.48. The highest BCUT2D eigenvalue weighted by atomic mass is 32.2. The van der Waals surface area contributed by atoms with E-state index in [0.717, 1.165) is 12.8 Å². The zero-order valence-corrected chi connectivity index (χ0v) is 13.2. The van der Waals surface area contributed by atoms with Crippen molar-refractivity contribution in [3.05, 3.63) is 18.5 Å². The SMILES string of the molecule is CCNc1ccncc1S(=O)(=O)N(CC(C)C)C1CC1. The number of anilines is 1. The molecule has 1 fully saturated rings. The van der Waals surface area contributed by atoms with Gasteiger partial charge in [0.15, 0.2) is 0 Å². The van der Waals surface area contributed by atoms with Crippen LogP contribution >= 0.6 is 0 Å². The standard InChI is InChI=1S/C14H23N3O2S/c1-4-16-13-7-8-15-9-14(13)20(18,19)17(10-11(2)3)12-5-6-12/h7-9,11-12H,4-6,10H2,1-3H3,(H,15,16). The molecule has 1 N–H and O–H groups in total. The molecule has 1 aromatic rings. The van der Waals surface area contributed by atoms with E-state index < -0.39 is 10.0 Å². The van der Waals surface area contributed by atoms with Crippen LogP contribution in [0.3, 0.4) is 0 Å². The van der Waals surface area contributed by atoms with Crippen LogP contribution in [0.4, 0.5) is 5.69 Å². The van der Waals surface area contributed by atoms with E-state index in [-0.39, 0.29) is 10.9 Å². The smallest absolute Gasteiger partial charge is 0.246 e. The molecule has 0 aliphatic heterocycles. The summed E-state index contributed by atoms with van der Waals surface area (Å²) < 4.78 is 27.4. The molecular formula is C14H23N3O2S. The van der Waals surface area contributed by atoms with Gasteiger partial charge in [0, 0.05) is 31.5 Å². The van der Waals surface area contributed by atoms with E-state index in [1.54, 1.807) is 16.6 Å². The first-order valence-electron chi connectivity index (χ1n) is 7.16. The van der Waals surface area contributed by atoms with E-state index >= 15 is 0 Å². The van der Waals surface area contributed by atoms with Crippen molar-refractivity contribution in [3.8, 4) is 0 Å². The molecule has 1 heterocycles. The third-order valence-corrected chi connectivity index (χ3v) is 5.18. The van der Waals surface area contributed by atoms with Gasteiger partial charge < -0.3 is 5.32 Å². The number of nitrogens with zero attached hydrogens (tertiary/aromatic N) is 2. The lowest BCUT2D eigenvalue weighted by atomic mass is 10.2. The molecule has 1 aromatic heterocycles. The first-order chi connectivity index (χ1) is 9.46. The van der Waals surface area contributed by atoms with Gasteiger partial charge in [-0.2, -0.15) is 4.31 Å². The number of rotatable bonds is 7. The fourth-order valence-electron chi connectivity index (χ4n) is 2.21. The number of hydrogen-bond acceptors (Lipinski definition) is 4. The highest BCUT2D eigenvalue weighted by Gasteiger charge is 2.39.